The fraction of sp³-hybridized carbons (Fsp3) is 0.370. The summed E-state index contributed by atoms with van der Waals surface area (Å²) in [5.41, 5.74) is 2.14. The molecule has 0 radical (unpaired) electrons. The smallest absolute Gasteiger partial charge is 0.229 e. The van der Waals surface area contributed by atoms with E-state index in [2.05, 4.69) is 37.1 Å². The zero-order valence-electron chi connectivity index (χ0n) is 21.3. The summed E-state index contributed by atoms with van der Waals surface area (Å²) in [6.07, 6.45) is 3.99. The van der Waals surface area contributed by atoms with Crippen molar-refractivity contribution in [2.45, 2.75) is 52.6 Å². The first-order valence-electron chi connectivity index (χ1n) is 12.4. The zero-order chi connectivity index (χ0) is 26.3. The number of pyridine rings is 1. The number of carbonyl (C=O) groups is 1. The Morgan fingerprint density at radius 2 is 1.73 bits per heavy atom. The Morgan fingerprint density at radius 3 is 2.41 bits per heavy atom. The molecule has 1 aromatic carbocycles. The normalized spacial score (nSPS) is 15.5. The summed E-state index contributed by atoms with van der Waals surface area (Å²) >= 11 is 0. The second kappa shape index (κ2) is 9.93. The van der Waals surface area contributed by atoms with Crippen LogP contribution in [-0.4, -0.2) is 48.3 Å². The fourth-order valence-electron chi connectivity index (χ4n) is 4.90. The lowest BCUT2D eigenvalue weighted by molar-refractivity contribution is -0.121. The average Bonchev–Trinajstić information content (AvgIpc) is 3.22. The van der Waals surface area contributed by atoms with Gasteiger partial charge in [-0.25, -0.2) is 28.7 Å². The van der Waals surface area contributed by atoms with Crippen LogP contribution in [0.1, 0.15) is 57.1 Å². The number of rotatable bonds is 6. The van der Waals surface area contributed by atoms with Crippen LogP contribution in [0, 0.1) is 18.6 Å². The van der Waals surface area contributed by atoms with E-state index < -0.39 is 11.6 Å². The summed E-state index contributed by atoms with van der Waals surface area (Å²) in [7, 11) is 0. The summed E-state index contributed by atoms with van der Waals surface area (Å²) in [4.78, 5) is 31.0. The van der Waals surface area contributed by atoms with Crippen LogP contribution in [0.2, 0.25) is 0 Å². The van der Waals surface area contributed by atoms with Crippen LogP contribution in [0.25, 0.3) is 22.3 Å². The molecule has 3 aromatic heterocycles. The highest BCUT2D eigenvalue weighted by molar-refractivity contribution is 5.83. The van der Waals surface area contributed by atoms with Crippen molar-refractivity contribution in [3.05, 3.63) is 59.7 Å². The van der Waals surface area contributed by atoms with Gasteiger partial charge in [0.25, 0.3) is 0 Å². The van der Waals surface area contributed by atoms with E-state index in [-0.39, 0.29) is 29.2 Å². The van der Waals surface area contributed by atoms with Gasteiger partial charge in [0, 0.05) is 49.8 Å². The molecule has 1 fully saturated rings. The lowest BCUT2D eigenvalue weighted by atomic mass is 10.0. The van der Waals surface area contributed by atoms with Crippen molar-refractivity contribution in [3.8, 4) is 11.3 Å². The summed E-state index contributed by atoms with van der Waals surface area (Å²) in [6.45, 7) is 9.38. The molecule has 1 N–H and O–H groups in total. The Hall–Kier alpha value is -3.79. The standard InChI is InChI=1S/C27H29F2N7O/c1-15(2)36-17(4)32-26-21(28)11-19(12-23(26)36)25-22(29)14-31-27(34-25)33-24-6-5-18(13-30-24)16(3)35-9-7-20(37)8-10-35/h5-6,11-16H,7-10H2,1-4H3,(H,30,31,33,34)/t16-/m1/s1. The Balaban J connectivity index is 1.39. The van der Waals surface area contributed by atoms with Gasteiger partial charge in [-0.2, -0.15) is 0 Å². The van der Waals surface area contributed by atoms with Crippen molar-refractivity contribution < 1.29 is 13.6 Å². The topological polar surface area (TPSA) is 88.8 Å². The molecule has 1 aliphatic heterocycles. The number of benzene rings is 1. The number of hydrogen-bond acceptors (Lipinski definition) is 7. The van der Waals surface area contributed by atoms with Crippen molar-refractivity contribution in [1.82, 2.24) is 29.4 Å². The van der Waals surface area contributed by atoms with Gasteiger partial charge in [0.05, 0.1) is 11.7 Å². The van der Waals surface area contributed by atoms with Crippen LogP contribution in [0.4, 0.5) is 20.5 Å². The van der Waals surface area contributed by atoms with Gasteiger partial charge in [0.1, 0.15) is 28.6 Å². The van der Waals surface area contributed by atoms with Gasteiger partial charge in [-0.1, -0.05) is 6.07 Å². The van der Waals surface area contributed by atoms with Crippen LogP contribution >= 0.6 is 0 Å². The van der Waals surface area contributed by atoms with Crippen molar-refractivity contribution in [2.75, 3.05) is 18.4 Å². The lowest BCUT2D eigenvalue weighted by Crippen LogP contribution is -2.35. The van der Waals surface area contributed by atoms with Gasteiger partial charge < -0.3 is 9.88 Å². The van der Waals surface area contributed by atoms with Gasteiger partial charge in [0.2, 0.25) is 5.95 Å². The molecular weight excluding hydrogens is 476 g/mol. The second-order valence-electron chi connectivity index (χ2n) is 9.69. The molecule has 4 aromatic rings. The number of aromatic nitrogens is 5. The number of anilines is 2. The van der Waals surface area contributed by atoms with Gasteiger partial charge in [-0.15, -0.1) is 0 Å². The molecule has 0 amide bonds. The third kappa shape index (κ3) is 4.93. The number of nitrogens with one attached hydrogen (secondary N) is 1. The number of hydrogen-bond donors (Lipinski definition) is 1. The number of imidazole rings is 1. The lowest BCUT2D eigenvalue weighted by Gasteiger charge is -2.31. The largest absolute Gasteiger partial charge is 0.326 e. The molecule has 1 saturated heterocycles. The molecule has 0 saturated carbocycles. The van der Waals surface area contributed by atoms with Gasteiger partial charge in [-0.3, -0.25) is 9.69 Å². The van der Waals surface area contributed by atoms with Crippen molar-refractivity contribution in [3.63, 3.8) is 0 Å². The summed E-state index contributed by atoms with van der Waals surface area (Å²) in [5, 5.41) is 3.01. The molecule has 4 heterocycles. The van der Waals surface area contributed by atoms with E-state index >= 15 is 0 Å². The SMILES string of the molecule is Cc1nc2c(F)cc(-c3nc(Nc4ccc([C@@H](C)N5CCC(=O)CC5)cn4)ncc3F)cc2n1C(C)C. The minimum atomic E-state index is -0.659. The Kier molecular flexibility index (Phi) is 6.68. The van der Waals surface area contributed by atoms with Crippen molar-refractivity contribution in [2.24, 2.45) is 0 Å². The summed E-state index contributed by atoms with van der Waals surface area (Å²) in [6, 6.07) is 6.91. The molecule has 1 atom stereocenters. The number of ketones is 1. The van der Waals surface area contributed by atoms with Gasteiger partial charge in [-0.05, 0) is 51.5 Å². The highest BCUT2D eigenvalue weighted by Crippen LogP contribution is 2.30. The highest BCUT2D eigenvalue weighted by Gasteiger charge is 2.22. The molecule has 0 aliphatic carbocycles. The molecule has 192 valence electrons. The number of piperidine rings is 1. The molecule has 0 bridgehead atoms. The van der Waals surface area contributed by atoms with Crippen molar-refractivity contribution in [1.29, 1.82) is 0 Å². The first kappa shape index (κ1) is 24.9. The van der Waals surface area contributed by atoms with Crippen LogP contribution in [0.3, 0.4) is 0 Å². The highest BCUT2D eigenvalue weighted by atomic mass is 19.1. The number of halogens is 2. The third-order valence-corrected chi connectivity index (χ3v) is 6.87. The number of fused-ring (bicyclic) bond motifs is 1. The van der Waals surface area contributed by atoms with Gasteiger partial charge in [0.15, 0.2) is 11.6 Å². The van der Waals surface area contributed by atoms with E-state index in [1.165, 1.54) is 6.07 Å². The van der Waals surface area contributed by atoms with Gasteiger partial charge >= 0.3 is 0 Å². The number of nitrogens with zero attached hydrogens (tertiary/aromatic N) is 6. The van der Waals surface area contributed by atoms with Crippen LogP contribution in [0.15, 0.2) is 36.7 Å². The molecule has 37 heavy (non-hydrogen) atoms. The predicted octanol–water partition coefficient (Wildman–Crippen LogP) is 5.53. The number of aryl methyl sites for hydroxylation is 1. The van der Waals surface area contributed by atoms with E-state index in [4.69, 9.17) is 0 Å². The summed E-state index contributed by atoms with van der Waals surface area (Å²) < 4.78 is 31.6. The number of Topliss-reactive ketones (excluding diaryl/α,β-unsaturated/α-hetero) is 1. The average molecular weight is 506 g/mol. The van der Waals surface area contributed by atoms with E-state index in [9.17, 15) is 13.6 Å². The Bertz CT molecular complexity index is 1460. The molecular formula is C27H29F2N7O. The van der Waals surface area contributed by atoms with E-state index in [0.717, 1.165) is 24.8 Å². The molecule has 0 spiro atoms. The van der Waals surface area contributed by atoms with E-state index in [1.54, 1.807) is 12.3 Å². The maximum atomic E-state index is 14.9. The third-order valence-electron chi connectivity index (χ3n) is 6.87. The Labute approximate surface area is 213 Å². The minimum absolute atomic E-state index is 0.0163. The molecule has 0 unspecified atom stereocenters. The molecule has 1 aliphatic rings. The zero-order valence-corrected chi connectivity index (χ0v) is 21.3. The maximum Gasteiger partial charge on any atom is 0.229 e. The predicted molar refractivity (Wildman–Crippen MR) is 138 cm³/mol. The molecule has 8 nitrogen and oxygen atoms in total. The van der Waals surface area contributed by atoms with Crippen LogP contribution in [0.5, 0.6) is 0 Å². The van der Waals surface area contributed by atoms with Crippen LogP contribution in [-0.2, 0) is 4.79 Å². The first-order chi connectivity index (χ1) is 17.7. The first-order valence-corrected chi connectivity index (χ1v) is 12.4. The maximum absolute atomic E-state index is 14.9. The monoisotopic (exact) mass is 505 g/mol. The van der Waals surface area contributed by atoms with Crippen LogP contribution < -0.4 is 5.32 Å². The second-order valence-corrected chi connectivity index (χ2v) is 9.69. The van der Waals surface area contributed by atoms with E-state index in [1.807, 2.05) is 37.5 Å². The number of likely N-dealkylation sites (tertiary alicyclic amines) is 1. The number of carbonyl (C=O) groups excluding carboxylic acids is 1. The minimum Gasteiger partial charge on any atom is -0.326 e. The summed E-state index contributed by atoms with van der Waals surface area (Å²) in [5.74, 6) is 0.443. The Morgan fingerprint density at radius 1 is 0.973 bits per heavy atom. The van der Waals surface area contributed by atoms with E-state index in [0.29, 0.717) is 41.3 Å². The quantitative estimate of drug-likeness (QED) is 0.369. The van der Waals surface area contributed by atoms with Crippen molar-refractivity contribution >= 4 is 28.6 Å². The fourth-order valence-corrected chi connectivity index (χ4v) is 4.90. The molecule has 5 rings (SSSR count). The molecule has 10 heteroatoms.